The number of carbonyl (C=O) groups is 2. The number of para-hydroxylation sites is 1. The second-order valence-electron chi connectivity index (χ2n) is 7.94. The van der Waals surface area contributed by atoms with Crippen LogP contribution in [-0.2, 0) is 4.79 Å². The Bertz CT molecular complexity index is 1110. The number of aryl methyl sites for hydroxylation is 1. The van der Waals surface area contributed by atoms with Gasteiger partial charge < -0.3 is 15.1 Å². The molecule has 166 valence electrons. The molecule has 32 heavy (non-hydrogen) atoms. The summed E-state index contributed by atoms with van der Waals surface area (Å²) in [7, 11) is 3.97. The predicted molar refractivity (Wildman–Crippen MR) is 128 cm³/mol. The van der Waals surface area contributed by atoms with Gasteiger partial charge in [-0.1, -0.05) is 29.5 Å². The SMILES string of the molecule is Cc1ccccc1NC(=O)N1CCCC1C(=O)Nc1nnc(-c2ccc(N(C)C)cc2)s1. The van der Waals surface area contributed by atoms with Crippen LogP contribution in [0.3, 0.4) is 0 Å². The van der Waals surface area contributed by atoms with Gasteiger partial charge in [0.25, 0.3) is 0 Å². The number of hydrogen-bond donors (Lipinski definition) is 2. The number of rotatable bonds is 5. The molecule has 0 radical (unpaired) electrons. The van der Waals surface area contributed by atoms with Gasteiger partial charge in [0.05, 0.1) is 0 Å². The molecule has 9 heteroatoms. The van der Waals surface area contributed by atoms with E-state index in [-0.39, 0.29) is 11.9 Å². The zero-order chi connectivity index (χ0) is 22.7. The van der Waals surface area contributed by atoms with Crippen LogP contribution in [-0.4, -0.2) is 53.7 Å². The Balaban J connectivity index is 1.41. The van der Waals surface area contributed by atoms with E-state index in [0.29, 0.717) is 18.1 Å². The quantitative estimate of drug-likeness (QED) is 0.608. The fourth-order valence-corrected chi connectivity index (χ4v) is 4.42. The van der Waals surface area contributed by atoms with Crippen LogP contribution >= 0.6 is 11.3 Å². The van der Waals surface area contributed by atoms with Crippen molar-refractivity contribution in [3.05, 3.63) is 54.1 Å². The van der Waals surface area contributed by atoms with Gasteiger partial charge in [-0.05, 0) is 55.7 Å². The molecule has 2 aromatic carbocycles. The zero-order valence-electron chi connectivity index (χ0n) is 18.3. The molecule has 3 amide bonds. The highest BCUT2D eigenvalue weighted by Crippen LogP contribution is 2.29. The van der Waals surface area contributed by atoms with E-state index < -0.39 is 6.04 Å². The molecule has 8 nitrogen and oxygen atoms in total. The molecular formula is C23H26N6O2S. The van der Waals surface area contributed by atoms with Crippen molar-refractivity contribution >= 4 is 39.8 Å². The van der Waals surface area contributed by atoms with Gasteiger partial charge in [-0.3, -0.25) is 10.1 Å². The number of urea groups is 1. The standard InChI is InChI=1S/C23H26N6O2S/c1-15-7-4-5-8-18(15)24-23(31)29-14-6-9-19(29)20(30)25-22-27-26-21(32-22)16-10-12-17(13-11-16)28(2)3/h4-5,7-8,10-13,19H,6,9,14H2,1-3H3,(H,24,31)(H,25,27,30). The highest BCUT2D eigenvalue weighted by Gasteiger charge is 2.34. The van der Waals surface area contributed by atoms with Crippen LogP contribution in [0.15, 0.2) is 48.5 Å². The molecule has 0 saturated carbocycles. The summed E-state index contributed by atoms with van der Waals surface area (Å²) < 4.78 is 0. The summed E-state index contributed by atoms with van der Waals surface area (Å²) in [5, 5.41) is 15.2. The van der Waals surface area contributed by atoms with Gasteiger partial charge in [-0.15, -0.1) is 10.2 Å². The Morgan fingerprint density at radius 2 is 1.81 bits per heavy atom. The minimum absolute atomic E-state index is 0.243. The average Bonchev–Trinajstić information content (AvgIpc) is 3.45. The maximum absolute atomic E-state index is 12.9. The molecule has 1 atom stereocenters. The van der Waals surface area contributed by atoms with Gasteiger partial charge >= 0.3 is 6.03 Å². The van der Waals surface area contributed by atoms with Gasteiger partial charge in [0.2, 0.25) is 11.0 Å². The first-order valence-corrected chi connectivity index (χ1v) is 11.3. The lowest BCUT2D eigenvalue weighted by Crippen LogP contribution is -2.45. The first-order valence-electron chi connectivity index (χ1n) is 10.5. The molecular weight excluding hydrogens is 424 g/mol. The minimum atomic E-state index is -0.536. The smallest absolute Gasteiger partial charge is 0.322 e. The Morgan fingerprint density at radius 1 is 1.06 bits per heavy atom. The van der Waals surface area contributed by atoms with Crippen molar-refractivity contribution in [2.45, 2.75) is 25.8 Å². The van der Waals surface area contributed by atoms with Crippen molar-refractivity contribution in [1.29, 1.82) is 0 Å². The number of aromatic nitrogens is 2. The van der Waals surface area contributed by atoms with Gasteiger partial charge in [0.1, 0.15) is 11.0 Å². The molecule has 4 rings (SSSR count). The second-order valence-corrected chi connectivity index (χ2v) is 8.92. The van der Waals surface area contributed by atoms with E-state index in [1.165, 1.54) is 11.3 Å². The van der Waals surface area contributed by atoms with Gasteiger partial charge in [0.15, 0.2) is 0 Å². The molecule has 2 N–H and O–H groups in total. The number of nitrogens with one attached hydrogen (secondary N) is 2. The van der Waals surface area contributed by atoms with Gasteiger partial charge in [0, 0.05) is 37.6 Å². The number of hydrogen-bond acceptors (Lipinski definition) is 6. The van der Waals surface area contributed by atoms with Crippen LogP contribution in [0.1, 0.15) is 18.4 Å². The Kier molecular flexibility index (Phi) is 6.36. The molecule has 1 unspecified atom stereocenters. The van der Waals surface area contributed by atoms with E-state index in [0.717, 1.165) is 33.9 Å². The molecule has 3 aromatic rings. The number of amides is 3. The number of carbonyl (C=O) groups excluding carboxylic acids is 2. The van der Waals surface area contributed by atoms with Crippen LogP contribution in [0.2, 0.25) is 0 Å². The number of benzene rings is 2. The summed E-state index contributed by atoms with van der Waals surface area (Å²) in [5.41, 5.74) is 3.75. The van der Waals surface area contributed by atoms with Crippen molar-refractivity contribution in [3.63, 3.8) is 0 Å². The van der Waals surface area contributed by atoms with Crippen molar-refractivity contribution in [2.75, 3.05) is 36.2 Å². The largest absolute Gasteiger partial charge is 0.378 e. The van der Waals surface area contributed by atoms with Crippen LogP contribution in [0.25, 0.3) is 10.6 Å². The van der Waals surface area contributed by atoms with Crippen LogP contribution < -0.4 is 15.5 Å². The van der Waals surface area contributed by atoms with E-state index in [9.17, 15) is 9.59 Å². The lowest BCUT2D eigenvalue weighted by molar-refractivity contribution is -0.119. The first-order chi connectivity index (χ1) is 15.4. The van der Waals surface area contributed by atoms with Crippen molar-refractivity contribution < 1.29 is 9.59 Å². The fourth-order valence-electron chi connectivity index (χ4n) is 3.66. The Labute approximate surface area is 191 Å². The molecule has 2 heterocycles. The number of likely N-dealkylation sites (tertiary alicyclic amines) is 1. The molecule has 1 aromatic heterocycles. The maximum atomic E-state index is 12.9. The molecule has 1 aliphatic heterocycles. The summed E-state index contributed by atoms with van der Waals surface area (Å²) in [6.45, 7) is 2.47. The topological polar surface area (TPSA) is 90.5 Å². The van der Waals surface area contributed by atoms with Crippen LogP contribution in [0, 0.1) is 6.92 Å². The van der Waals surface area contributed by atoms with Crippen LogP contribution in [0.4, 0.5) is 21.3 Å². The molecule has 1 aliphatic rings. The summed E-state index contributed by atoms with van der Waals surface area (Å²) in [6, 6.07) is 14.8. The predicted octanol–water partition coefficient (Wildman–Crippen LogP) is 4.21. The second kappa shape index (κ2) is 9.35. The number of nitrogens with zero attached hydrogens (tertiary/aromatic N) is 4. The normalized spacial score (nSPS) is 15.5. The Morgan fingerprint density at radius 3 is 2.53 bits per heavy atom. The summed E-state index contributed by atoms with van der Waals surface area (Å²) in [4.78, 5) is 29.3. The molecule has 1 fully saturated rings. The highest BCUT2D eigenvalue weighted by molar-refractivity contribution is 7.18. The monoisotopic (exact) mass is 450 g/mol. The maximum Gasteiger partial charge on any atom is 0.322 e. The van der Waals surface area contributed by atoms with E-state index >= 15 is 0 Å². The van der Waals surface area contributed by atoms with Crippen molar-refractivity contribution in [3.8, 4) is 10.6 Å². The average molecular weight is 451 g/mol. The van der Waals surface area contributed by atoms with Crippen molar-refractivity contribution in [2.24, 2.45) is 0 Å². The molecule has 0 spiro atoms. The highest BCUT2D eigenvalue weighted by atomic mass is 32.1. The third-order valence-corrected chi connectivity index (χ3v) is 6.38. The summed E-state index contributed by atoms with van der Waals surface area (Å²) in [5.74, 6) is -0.243. The van der Waals surface area contributed by atoms with Gasteiger partial charge in [-0.25, -0.2) is 4.79 Å². The third kappa shape index (κ3) is 4.72. The lowest BCUT2D eigenvalue weighted by Gasteiger charge is -2.24. The fraction of sp³-hybridized carbons (Fsp3) is 0.304. The molecule has 0 bridgehead atoms. The van der Waals surface area contributed by atoms with E-state index in [1.807, 2.05) is 74.4 Å². The summed E-state index contributed by atoms with van der Waals surface area (Å²) >= 11 is 1.31. The molecule has 1 saturated heterocycles. The van der Waals surface area contributed by atoms with E-state index in [1.54, 1.807) is 4.90 Å². The lowest BCUT2D eigenvalue weighted by atomic mass is 10.2. The van der Waals surface area contributed by atoms with E-state index in [4.69, 9.17) is 0 Å². The third-order valence-electron chi connectivity index (χ3n) is 5.49. The van der Waals surface area contributed by atoms with E-state index in [2.05, 4.69) is 20.8 Å². The summed E-state index contributed by atoms with van der Waals surface area (Å²) in [6.07, 6.45) is 1.39. The van der Waals surface area contributed by atoms with Crippen molar-refractivity contribution in [1.82, 2.24) is 15.1 Å². The Hall–Kier alpha value is -3.46. The minimum Gasteiger partial charge on any atom is -0.378 e. The van der Waals surface area contributed by atoms with Gasteiger partial charge in [-0.2, -0.15) is 0 Å². The first kappa shape index (κ1) is 21.8. The molecule has 0 aliphatic carbocycles. The number of anilines is 3. The van der Waals surface area contributed by atoms with Crippen LogP contribution in [0.5, 0.6) is 0 Å². The zero-order valence-corrected chi connectivity index (χ0v) is 19.1.